The van der Waals surface area contributed by atoms with E-state index in [-0.39, 0.29) is 30.1 Å². The molecule has 1 unspecified atom stereocenters. The highest BCUT2D eigenvalue weighted by molar-refractivity contribution is 6.05. The second kappa shape index (κ2) is 9.94. The first kappa shape index (κ1) is 23.7. The van der Waals surface area contributed by atoms with Gasteiger partial charge in [-0.25, -0.2) is 0 Å². The van der Waals surface area contributed by atoms with Crippen molar-refractivity contribution in [3.05, 3.63) is 108 Å². The third-order valence-corrected chi connectivity index (χ3v) is 6.97. The molecule has 0 bridgehead atoms. The van der Waals surface area contributed by atoms with Gasteiger partial charge < -0.3 is 9.80 Å². The minimum absolute atomic E-state index is 0.00759. The van der Waals surface area contributed by atoms with Gasteiger partial charge in [-0.1, -0.05) is 86.6 Å². The maximum Gasteiger partial charge on any atom is 0.258 e. The number of Topliss-reactive ketones (excluding diaryl/α,β-unsaturated/α-hetero) is 1. The number of benzene rings is 3. The largest absolute Gasteiger partial charge is 0.323 e. The van der Waals surface area contributed by atoms with Crippen molar-refractivity contribution in [2.45, 2.75) is 32.2 Å². The topological polar surface area (TPSA) is 57.7 Å². The Hall–Kier alpha value is -3.99. The molecule has 0 saturated carbocycles. The van der Waals surface area contributed by atoms with E-state index in [1.165, 1.54) is 4.90 Å². The average Bonchev–Trinajstić information content (AvgIpc) is 3.49. The summed E-state index contributed by atoms with van der Waals surface area (Å²) in [6.07, 6.45) is 2.54. The summed E-state index contributed by atoms with van der Waals surface area (Å²) < 4.78 is 0. The normalized spacial score (nSPS) is 17.8. The van der Waals surface area contributed by atoms with E-state index < -0.39 is 6.04 Å². The summed E-state index contributed by atoms with van der Waals surface area (Å²) in [5.41, 5.74) is 4.27. The number of fused-ring (bicyclic) bond motifs is 1. The molecular weight excluding hydrogens is 448 g/mol. The molecule has 182 valence electrons. The quantitative estimate of drug-likeness (QED) is 0.483. The molecule has 0 spiro atoms. The molecule has 36 heavy (non-hydrogen) atoms. The van der Waals surface area contributed by atoms with E-state index in [1.54, 1.807) is 17.0 Å². The second-order valence-electron chi connectivity index (χ2n) is 9.92. The number of hydrogen-bond donors (Lipinski definition) is 0. The number of hydrogen-bond acceptors (Lipinski definition) is 3. The van der Waals surface area contributed by atoms with Gasteiger partial charge in [-0.15, -0.1) is 0 Å². The predicted molar refractivity (Wildman–Crippen MR) is 140 cm³/mol. The number of amides is 2. The zero-order valence-corrected chi connectivity index (χ0v) is 20.6. The monoisotopic (exact) mass is 478 g/mol. The molecule has 0 N–H and O–H groups in total. The Morgan fingerprint density at radius 1 is 0.889 bits per heavy atom. The molecule has 5 rings (SSSR count). The van der Waals surface area contributed by atoms with Crippen molar-refractivity contribution in [2.75, 3.05) is 13.1 Å². The molecule has 2 heterocycles. The van der Waals surface area contributed by atoms with E-state index >= 15 is 0 Å². The SMILES string of the molecule is CC(C)CC(C(=O)N1CC=C2[C@H]1C(=O)CN2C(=O)c1ccccc1)c1cccc(-c2ccccc2)c1. The number of likely N-dealkylation sites (tertiary alicyclic amines) is 1. The van der Waals surface area contributed by atoms with E-state index in [4.69, 9.17) is 0 Å². The Morgan fingerprint density at radius 3 is 2.25 bits per heavy atom. The first-order chi connectivity index (χ1) is 17.4. The lowest BCUT2D eigenvalue weighted by Gasteiger charge is -2.29. The van der Waals surface area contributed by atoms with E-state index in [9.17, 15) is 14.4 Å². The van der Waals surface area contributed by atoms with Crippen LogP contribution >= 0.6 is 0 Å². The number of ketones is 1. The van der Waals surface area contributed by atoms with Crippen LogP contribution in [0, 0.1) is 5.92 Å². The highest BCUT2D eigenvalue weighted by Gasteiger charge is 2.47. The van der Waals surface area contributed by atoms with Gasteiger partial charge in [-0.2, -0.15) is 0 Å². The smallest absolute Gasteiger partial charge is 0.258 e. The average molecular weight is 479 g/mol. The first-order valence-corrected chi connectivity index (χ1v) is 12.5. The number of carbonyl (C=O) groups is 3. The molecule has 3 aromatic carbocycles. The Morgan fingerprint density at radius 2 is 1.56 bits per heavy atom. The van der Waals surface area contributed by atoms with Gasteiger partial charge in [-0.3, -0.25) is 14.4 Å². The maximum atomic E-state index is 14.0. The van der Waals surface area contributed by atoms with Crippen molar-refractivity contribution in [3.8, 4) is 11.1 Å². The summed E-state index contributed by atoms with van der Waals surface area (Å²) >= 11 is 0. The minimum atomic E-state index is -0.697. The summed E-state index contributed by atoms with van der Waals surface area (Å²) in [7, 11) is 0. The van der Waals surface area contributed by atoms with Crippen LogP contribution in [0.5, 0.6) is 0 Å². The molecule has 2 atom stereocenters. The van der Waals surface area contributed by atoms with Gasteiger partial charge in [0.1, 0.15) is 6.04 Å². The molecule has 0 radical (unpaired) electrons. The zero-order valence-electron chi connectivity index (χ0n) is 20.6. The molecule has 1 saturated heterocycles. The third kappa shape index (κ3) is 4.49. The van der Waals surface area contributed by atoms with Crippen LogP contribution in [0.3, 0.4) is 0 Å². The van der Waals surface area contributed by atoms with Gasteiger partial charge in [-0.05, 0) is 47.2 Å². The van der Waals surface area contributed by atoms with Crippen LogP contribution in [0.1, 0.15) is 42.1 Å². The van der Waals surface area contributed by atoms with Crippen LogP contribution in [-0.4, -0.2) is 46.5 Å². The number of nitrogens with zero attached hydrogens (tertiary/aromatic N) is 2. The Balaban J connectivity index is 1.42. The Labute approximate surface area is 212 Å². The summed E-state index contributed by atoms with van der Waals surface area (Å²) in [4.78, 5) is 43.4. The molecule has 5 nitrogen and oxygen atoms in total. The Bertz CT molecular complexity index is 1310. The van der Waals surface area contributed by atoms with Crippen molar-refractivity contribution in [1.82, 2.24) is 9.80 Å². The van der Waals surface area contributed by atoms with Crippen LogP contribution in [0.4, 0.5) is 0 Å². The zero-order chi connectivity index (χ0) is 25.2. The summed E-state index contributed by atoms with van der Waals surface area (Å²) in [5, 5.41) is 0. The lowest BCUT2D eigenvalue weighted by Crippen LogP contribution is -2.43. The van der Waals surface area contributed by atoms with E-state index in [2.05, 4.69) is 38.1 Å². The highest BCUT2D eigenvalue weighted by Crippen LogP contribution is 2.35. The highest BCUT2D eigenvalue weighted by atomic mass is 16.2. The van der Waals surface area contributed by atoms with Crippen LogP contribution in [0.2, 0.25) is 0 Å². The van der Waals surface area contributed by atoms with Gasteiger partial charge in [0, 0.05) is 17.8 Å². The van der Waals surface area contributed by atoms with Crippen molar-refractivity contribution in [2.24, 2.45) is 5.92 Å². The van der Waals surface area contributed by atoms with Crippen LogP contribution in [0.25, 0.3) is 11.1 Å². The van der Waals surface area contributed by atoms with Crippen LogP contribution in [-0.2, 0) is 9.59 Å². The molecule has 0 aliphatic carbocycles. The third-order valence-electron chi connectivity index (χ3n) is 6.97. The fourth-order valence-electron chi connectivity index (χ4n) is 5.26. The van der Waals surface area contributed by atoms with Crippen molar-refractivity contribution < 1.29 is 14.4 Å². The van der Waals surface area contributed by atoms with Crippen molar-refractivity contribution in [3.63, 3.8) is 0 Å². The number of carbonyl (C=O) groups excluding carboxylic acids is 3. The molecule has 2 amide bonds. The number of rotatable bonds is 6. The standard InChI is InChI=1S/C31H30N2O3/c1-21(2)18-26(25-15-9-14-24(19-25)22-10-5-3-6-11-22)31(36)32-17-16-27-29(32)28(34)20-33(27)30(35)23-12-7-4-8-13-23/h3-16,19,21,26,29H,17-18,20H2,1-2H3/t26?,29-/m0/s1. The van der Waals surface area contributed by atoms with E-state index in [0.29, 0.717) is 30.1 Å². The van der Waals surface area contributed by atoms with Gasteiger partial charge in [0.2, 0.25) is 5.91 Å². The van der Waals surface area contributed by atoms with Crippen molar-refractivity contribution in [1.29, 1.82) is 0 Å². The van der Waals surface area contributed by atoms with Gasteiger partial charge >= 0.3 is 0 Å². The molecule has 0 aromatic heterocycles. The van der Waals surface area contributed by atoms with Gasteiger partial charge in [0.15, 0.2) is 5.78 Å². The van der Waals surface area contributed by atoms with Gasteiger partial charge in [0.25, 0.3) is 5.91 Å². The second-order valence-corrected chi connectivity index (χ2v) is 9.92. The molecule has 5 heteroatoms. The molecule has 1 fully saturated rings. The van der Waals surface area contributed by atoms with Crippen molar-refractivity contribution >= 4 is 17.6 Å². The van der Waals surface area contributed by atoms with E-state index in [0.717, 1.165) is 16.7 Å². The first-order valence-electron chi connectivity index (χ1n) is 12.5. The van der Waals surface area contributed by atoms with Gasteiger partial charge in [0.05, 0.1) is 12.5 Å². The lowest BCUT2D eigenvalue weighted by atomic mass is 9.87. The maximum absolute atomic E-state index is 14.0. The molecule has 2 aliphatic heterocycles. The fraction of sp³-hybridized carbons (Fsp3) is 0.258. The molecular formula is C31H30N2O3. The predicted octanol–water partition coefficient (Wildman–Crippen LogP) is 5.30. The minimum Gasteiger partial charge on any atom is -0.323 e. The molecule has 3 aromatic rings. The fourth-order valence-corrected chi connectivity index (χ4v) is 5.26. The Kier molecular flexibility index (Phi) is 6.55. The summed E-state index contributed by atoms with van der Waals surface area (Å²) in [6.45, 7) is 4.54. The van der Waals surface area contributed by atoms with E-state index in [1.807, 2.05) is 54.6 Å². The summed E-state index contributed by atoms with van der Waals surface area (Å²) in [5.74, 6) is -0.454. The molecule has 2 aliphatic rings. The summed E-state index contributed by atoms with van der Waals surface area (Å²) in [6, 6.07) is 26.5. The van der Waals surface area contributed by atoms with Crippen LogP contribution in [0.15, 0.2) is 96.7 Å². The lowest BCUT2D eigenvalue weighted by molar-refractivity contribution is -0.137. The van der Waals surface area contributed by atoms with Crippen LogP contribution < -0.4 is 0 Å².